The van der Waals surface area contributed by atoms with Gasteiger partial charge in [0.05, 0.1) is 11.6 Å². The molecule has 2 heteroatoms. The normalized spacial score (nSPS) is 10.5. The molecule has 0 aliphatic rings. The molecule has 1 atom stereocenters. The van der Waals surface area contributed by atoms with Gasteiger partial charge in [-0.25, -0.2) is 0 Å². The van der Waals surface area contributed by atoms with E-state index in [1.54, 1.807) is 0 Å². The van der Waals surface area contributed by atoms with E-state index in [9.17, 15) is 5.26 Å². The summed E-state index contributed by atoms with van der Waals surface area (Å²) in [5, 5.41) is 17.6. The standard InChI is InChI=1S/C34H24N2.2C8H10.C2H6.C2H2/c1-22(36-2)26-15-8-16-27(34(26)21-35)25-10-7-9-23(19-25)24-17-18-32-30-13-4-3-11-28(30)29-12-5-6-14-31(29)33(32)20-24;2*1-2-8-6-4-3-5-7-8;2*1-2/h3-20,22H,2H2,1H3;2*3-7H,2H2,1H3;1-2H3;1-2H. The fourth-order valence-corrected chi connectivity index (χ4v) is 6.76. The van der Waals surface area contributed by atoms with Crippen LogP contribution in [0.2, 0.25) is 0 Å². The Labute approximate surface area is 334 Å². The lowest BCUT2D eigenvalue weighted by Gasteiger charge is -2.14. The monoisotopic (exact) mass is 728 g/mol. The molecule has 0 bridgehead atoms. The van der Waals surface area contributed by atoms with Gasteiger partial charge in [-0.2, -0.15) is 5.26 Å². The number of aliphatic imine (C=N–C) groups is 1. The quantitative estimate of drug-likeness (QED) is 0.0954. The molecule has 278 valence electrons. The predicted octanol–water partition coefficient (Wildman–Crippen LogP) is 14.9. The van der Waals surface area contributed by atoms with Crippen LogP contribution in [0.25, 0.3) is 54.6 Å². The molecule has 0 heterocycles. The minimum atomic E-state index is -0.133. The number of terminal acetylenes is 1. The zero-order valence-corrected chi connectivity index (χ0v) is 33.4. The van der Waals surface area contributed by atoms with Gasteiger partial charge < -0.3 is 0 Å². The van der Waals surface area contributed by atoms with E-state index in [0.29, 0.717) is 5.56 Å². The second kappa shape index (κ2) is 21.8. The molecular formula is C54H52N2. The summed E-state index contributed by atoms with van der Waals surface area (Å²) in [5.41, 5.74) is 8.59. The Hall–Kier alpha value is -6.74. The maximum Gasteiger partial charge on any atom is 0.100 e. The molecule has 0 radical (unpaired) electrons. The third-order valence-electron chi connectivity index (χ3n) is 9.69. The first-order valence-corrected chi connectivity index (χ1v) is 19.4. The van der Waals surface area contributed by atoms with Crippen molar-refractivity contribution in [3.8, 4) is 41.2 Å². The van der Waals surface area contributed by atoms with Crippen LogP contribution in [0.15, 0.2) is 175 Å². The van der Waals surface area contributed by atoms with Crippen LogP contribution in [0.4, 0.5) is 0 Å². The SMILES string of the molecule is C#C.C=NC(C)c1cccc(-c2cccc(-c3ccc4c5ccccc5c5ccccc5c4c3)c2)c1C#N.CC.CCc1ccccc1.CCc1ccccc1. The Bertz CT molecular complexity index is 2450. The molecule has 0 spiro atoms. The molecule has 0 aromatic heterocycles. The van der Waals surface area contributed by atoms with E-state index >= 15 is 0 Å². The predicted molar refractivity (Wildman–Crippen MR) is 245 cm³/mol. The first-order chi connectivity index (χ1) is 27.6. The third-order valence-corrected chi connectivity index (χ3v) is 9.69. The molecule has 0 N–H and O–H groups in total. The van der Waals surface area contributed by atoms with Crippen molar-refractivity contribution >= 4 is 39.0 Å². The van der Waals surface area contributed by atoms with E-state index in [2.05, 4.69) is 184 Å². The van der Waals surface area contributed by atoms with Gasteiger partial charge in [0.1, 0.15) is 6.07 Å². The largest absolute Gasteiger partial charge is 0.293 e. The number of hydrogen-bond donors (Lipinski definition) is 0. The van der Waals surface area contributed by atoms with Crippen LogP contribution >= 0.6 is 0 Å². The van der Waals surface area contributed by atoms with Gasteiger partial charge in [0.2, 0.25) is 0 Å². The van der Waals surface area contributed by atoms with E-state index in [1.807, 2.05) is 51.1 Å². The summed E-state index contributed by atoms with van der Waals surface area (Å²) < 4.78 is 0. The van der Waals surface area contributed by atoms with E-state index < -0.39 is 0 Å². The van der Waals surface area contributed by atoms with Crippen LogP contribution in [0, 0.1) is 24.2 Å². The minimum absolute atomic E-state index is 0.133. The smallest absolute Gasteiger partial charge is 0.100 e. The second-order valence-corrected chi connectivity index (χ2v) is 12.9. The average Bonchev–Trinajstić information content (AvgIpc) is 3.30. The molecule has 1 unspecified atom stereocenters. The highest BCUT2D eigenvalue weighted by atomic mass is 14.7. The van der Waals surface area contributed by atoms with Crippen molar-refractivity contribution in [3.63, 3.8) is 0 Å². The molecule has 56 heavy (non-hydrogen) atoms. The molecule has 0 saturated heterocycles. The molecule has 0 fully saturated rings. The lowest BCUT2D eigenvalue weighted by atomic mass is 9.90. The molecule has 2 nitrogen and oxygen atoms in total. The number of nitriles is 1. The summed E-state index contributed by atoms with van der Waals surface area (Å²) in [6.07, 6.45) is 10.3. The first-order valence-electron chi connectivity index (χ1n) is 19.4. The Morgan fingerprint density at radius 1 is 0.518 bits per heavy atom. The van der Waals surface area contributed by atoms with Crippen molar-refractivity contribution in [2.75, 3.05) is 0 Å². The van der Waals surface area contributed by atoms with Crippen LogP contribution in [-0.2, 0) is 12.8 Å². The summed E-state index contributed by atoms with van der Waals surface area (Å²) in [5.74, 6) is 0. The van der Waals surface area contributed by atoms with Gasteiger partial charge in [0.25, 0.3) is 0 Å². The van der Waals surface area contributed by atoms with Crippen molar-refractivity contribution in [3.05, 3.63) is 192 Å². The van der Waals surface area contributed by atoms with Gasteiger partial charge in [-0.15, -0.1) is 12.8 Å². The number of nitrogens with zero attached hydrogens (tertiary/aromatic N) is 2. The highest BCUT2D eigenvalue weighted by Crippen LogP contribution is 2.38. The van der Waals surface area contributed by atoms with Crippen molar-refractivity contribution in [1.29, 1.82) is 5.26 Å². The van der Waals surface area contributed by atoms with Gasteiger partial charge in [0, 0.05) is 0 Å². The summed E-state index contributed by atoms with van der Waals surface area (Å²) >= 11 is 0. The number of benzene rings is 8. The van der Waals surface area contributed by atoms with Crippen molar-refractivity contribution < 1.29 is 0 Å². The summed E-state index contributed by atoms with van der Waals surface area (Å²) in [4.78, 5) is 4.14. The highest BCUT2D eigenvalue weighted by Gasteiger charge is 2.15. The highest BCUT2D eigenvalue weighted by molar-refractivity contribution is 6.25. The Morgan fingerprint density at radius 2 is 0.946 bits per heavy atom. The molecule has 0 aliphatic carbocycles. The number of fused-ring (bicyclic) bond motifs is 6. The lowest BCUT2D eigenvalue weighted by Crippen LogP contribution is -1.96. The Morgan fingerprint density at radius 3 is 1.41 bits per heavy atom. The third kappa shape index (κ3) is 10.1. The van der Waals surface area contributed by atoms with Gasteiger partial charge >= 0.3 is 0 Å². The van der Waals surface area contributed by atoms with Crippen LogP contribution in [0.1, 0.15) is 62.9 Å². The summed E-state index contributed by atoms with van der Waals surface area (Å²) in [7, 11) is 0. The van der Waals surface area contributed by atoms with E-state index in [1.165, 1.54) is 43.4 Å². The van der Waals surface area contributed by atoms with Crippen LogP contribution < -0.4 is 0 Å². The topological polar surface area (TPSA) is 36.1 Å². The van der Waals surface area contributed by atoms with Crippen molar-refractivity contribution in [2.24, 2.45) is 4.99 Å². The lowest BCUT2D eigenvalue weighted by molar-refractivity contribution is 0.825. The number of rotatable bonds is 6. The van der Waals surface area contributed by atoms with E-state index in [4.69, 9.17) is 0 Å². The second-order valence-electron chi connectivity index (χ2n) is 12.9. The molecule has 8 aromatic carbocycles. The zero-order chi connectivity index (χ0) is 40.3. The van der Waals surface area contributed by atoms with Crippen molar-refractivity contribution in [1.82, 2.24) is 0 Å². The van der Waals surface area contributed by atoms with Gasteiger partial charge in [-0.1, -0.05) is 185 Å². The molecule has 8 aromatic rings. The van der Waals surface area contributed by atoms with Crippen LogP contribution in [0.5, 0.6) is 0 Å². The Balaban J connectivity index is 0.000000286. The summed E-state index contributed by atoms with van der Waals surface area (Å²) in [6, 6.07) is 61.6. The number of hydrogen-bond acceptors (Lipinski definition) is 2. The van der Waals surface area contributed by atoms with Gasteiger partial charge in [-0.3, -0.25) is 4.99 Å². The molecule has 8 rings (SSSR count). The maximum absolute atomic E-state index is 9.98. The average molecular weight is 729 g/mol. The molecule has 0 aliphatic heterocycles. The molecule has 0 saturated carbocycles. The summed E-state index contributed by atoms with van der Waals surface area (Å²) in [6.45, 7) is 14.0. The van der Waals surface area contributed by atoms with Crippen LogP contribution in [0.3, 0.4) is 0 Å². The zero-order valence-electron chi connectivity index (χ0n) is 33.4. The minimum Gasteiger partial charge on any atom is -0.293 e. The fraction of sp³-hybridized carbons (Fsp3) is 0.148. The van der Waals surface area contributed by atoms with Gasteiger partial charge in [-0.05, 0) is 110 Å². The van der Waals surface area contributed by atoms with E-state index in [0.717, 1.165) is 40.7 Å². The Kier molecular flexibility index (Phi) is 16.4. The molecular weight excluding hydrogens is 677 g/mol. The van der Waals surface area contributed by atoms with Crippen molar-refractivity contribution in [2.45, 2.75) is 53.5 Å². The van der Waals surface area contributed by atoms with E-state index in [-0.39, 0.29) is 6.04 Å². The first kappa shape index (κ1) is 42.0. The fourth-order valence-electron chi connectivity index (χ4n) is 6.76. The van der Waals surface area contributed by atoms with Gasteiger partial charge in [0.15, 0.2) is 0 Å². The molecule has 0 amide bonds. The van der Waals surface area contributed by atoms with Crippen LogP contribution in [-0.4, -0.2) is 6.72 Å². The number of aryl methyl sites for hydroxylation is 2. The maximum atomic E-state index is 9.98.